The number of ether oxygens (including phenoxy) is 2. The van der Waals surface area contributed by atoms with E-state index in [0.29, 0.717) is 47.8 Å². The molecular weight excluding hydrogens is 466 g/mol. The second kappa shape index (κ2) is 9.51. The van der Waals surface area contributed by atoms with Gasteiger partial charge in [-0.25, -0.2) is 14.8 Å². The van der Waals surface area contributed by atoms with E-state index in [1.54, 1.807) is 4.90 Å². The van der Waals surface area contributed by atoms with Gasteiger partial charge >= 0.3 is 6.09 Å². The van der Waals surface area contributed by atoms with Crippen molar-refractivity contribution in [1.82, 2.24) is 19.4 Å². The summed E-state index contributed by atoms with van der Waals surface area (Å²) in [6, 6.07) is 17.2. The van der Waals surface area contributed by atoms with Crippen molar-refractivity contribution in [3.05, 3.63) is 66.6 Å². The lowest BCUT2D eigenvalue weighted by Gasteiger charge is -2.24. The number of rotatable bonds is 4. The zero-order valence-electron chi connectivity index (χ0n) is 21.1. The van der Waals surface area contributed by atoms with Crippen molar-refractivity contribution in [1.29, 1.82) is 0 Å². The third kappa shape index (κ3) is 4.81. The van der Waals surface area contributed by atoms with Crippen LogP contribution in [-0.4, -0.2) is 44.2 Å². The minimum atomic E-state index is -0.565. The number of anilines is 1. The first-order chi connectivity index (χ1) is 17.7. The Bertz CT molecular complexity index is 1480. The number of nitrogens with two attached hydrogens (primary N) is 1. The average molecular weight is 496 g/mol. The molecule has 2 aromatic carbocycles. The number of likely N-dealkylation sites (tertiary alicyclic amines) is 1. The quantitative estimate of drug-likeness (QED) is 0.368. The number of fused-ring (bicyclic) bond motifs is 1. The summed E-state index contributed by atoms with van der Waals surface area (Å²) in [5, 5.41) is 0.697. The lowest BCUT2D eigenvalue weighted by Crippen LogP contribution is -2.35. The van der Waals surface area contributed by atoms with Crippen molar-refractivity contribution in [3.8, 4) is 35.0 Å². The first kappa shape index (κ1) is 24.2. The molecule has 0 spiro atoms. The van der Waals surface area contributed by atoms with E-state index in [4.69, 9.17) is 21.6 Å². The molecule has 1 atom stereocenters. The van der Waals surface area contributed by atoms with Crippen LogP contribution in [0.3, 0.4) is 0 Å². The predicted molar refractivity (Wildman–Crippen MR) is 143 cm³/mol. The first-order valence-corrected chi connectivity index (χ1v) is 12.2. The average Bonchev–Trinajstić information content (AvgIpc) is 3.47. The van der Waals surface area contributed by atoms with Gasteiger partial charge in [0.05, 0.1) is 11.4 Å². The summed E-state index contributed by atoms with van der Waals surface area (Å²) in [5.74, 6) is 4.67. The molecule has 188 valence electrons. The molecule has 5 rings (SSSR count). The van der Waals surface area contributed by atoms with Crippen molar-refractivity contribution < 1.29 is 14.3 Å². The van der Waals surface area contributed by atoms with Crippen LogP contribution in [0, 0.1) is 12.3 Å². The molecule has 0 radical (unpaired) electrons. The van der Waals surface area contributed by atoms with Crippen LogP contribution in [0.15, 0.2) is 60.9 Å². The van der Waals surface area contributed by atoms with Crippen LogP contribution in [0.5, 0.6) is 11.5 Å². The van der Waals surface area contributed by atoms with Gasteiger partial charge in [0.1, 0.15) is 40.6 Å². The molecule has 1 aliphatic rings. The summed E-state index contributed by atoms with van der Waals surface area (Å²) in [5.41, 5.74) is 8.76. The molecule has 1 amide bonds. The van der Waals surface area contributed by atoms with Crippen LogP contribution in [0.25, 0.3) is 22.2 Å². The molecule has 0 saturated carbocycles. The second-order valence-electron chi connectivity index (χ2n) is 10.0. The number of terminal acetylenes is 1. The molecular formula is C29H29N5O3. The molecule has 0 aliphatic carbocycles. The number of para-hydroxylation sites is 1. The van der Waals surface area contributed by atoms with Gasteiger partial charge in [-0.3, -0.25) is 0 Å². The fraction of sp³-hybridized carbons (Fsp3) is 0.276. The van der Waals surface area contributed by atoms with Crippen molar-refractivity contribution in [2.75, 3.05) is 18.8 Å². The van der Waals surface area contributed by atoms with Gasteiger partial charge in [-0.15, -0.1) is 6.42 Å². The van der Waals surface area contributed by atoms with Crippen LogP contribution in [0.1, 0.15) is 38.9 Å². The number of nitrogen functional groups attached to an aromatic ring is 1. The van der Waals surface area contributed by atoms with E-state index < -0.39 is 5.60 Å². The van der Waals surface area contributed by atoms with Crippen LogP contribution in [-0.2, 0) is 4.74 Å². The van der Waals surface area contributed by atoms with E-state index >= 15 is 0 Å². The van der Waals surface area contributed by atoms with Crippen molar-refractivity contribution >= 4 is 22.9 Å². The van der Waals surface area contributed by atoms with Crippen molar-refractivity contribution in [2.45, 2.75) is 38.8 Å². The molecule has 8 heteroatoms. The lowest BCUT2D eigenvalue weighted by molar-refractivity contribution is 0.0289. The van der Waals surface area contributed by atoms with Gasteiger partial charge in [0.25, 0.3) is 0 Å². The van der Waals surface area contributed by atoms with Gasteiger partial charge < -0.3 is 24.7 Å². The lowest BCUT2D eigenvalue weighted by atomic mass is 10.0. The maximum Gasteiger partial charge on any atom is 0.410 e. The summed E-state index contributed by atoms with van der Waals surface area (Å²) < 4.78 is 13.5. The zero-order chi connectivity index (χ0) is 26.2. The van der Waals surface area contributed by atoms with Crippen LogP contribution >= 0.6 is 0 Å². The number of hydrogen-bond acceptors (Lipinski definition) is 6. The summed E-state index contributed by atoms with van der Waals surface area (Å²) in [7, 11) is 0. The van der Waals surface area contributed by atoms with E-state index in [9.17, 15) is 4.79 Å². The summed E-state index contributed by atoms with van der Waals surface area (Å²) in [4.78, 5) is 23.2. The SMILES string of the molecule is C#Cc1c(-c2ccc(Oc3ccccc3)cc2)c2c(N)ncnc2n1C1CCN(C(=O)OC(C)(C)C)C1. The summed E-state index contributed by atoms with van der Waals surface area (Å²) in [6.07, 6.45) is 7.91. The van der Waals surface area contributed by atoms with Gasteiger partial charge in [0.15, 0.2) is 0 Å². The Balaban J connectivity index is 1.52. The molecule has 4 aromatic rings. The Morgan fingerprint density at radius 3 is 2.46 bits per heavy atom. The molecule has 37 heavy (non-hydrogen) atoms. The van der Waals surface area contributed by atoms with Crippen LogP contribution < -0.4 is 10.5 Å². The first-order valence-electron chi connectivity index (χ1n) is 12.2. The maximum atomic E-state index is 12.7. The van der Waals surface area contributed by atoms with Crippen LogP contribution in [0.4, 0.5) is 10.6 Å². The highest BCUT2D eigenvalue weighted by Crippen LogP contribution is 2.40. The number of hydrogen-bond donors (Lipinski definition) is 1. The van der Waals surface area contributed by atoms with E-state index in [1.807, 2.05) is 79.9 Å². The highest BCUT2D eigenvalue weighted by molar-refractivity contribution is 6.03. The van der Waals surface area contributed by atoms with Gasteiger partial charge in [0.2, 0.25) is 0 Å². The van der Waals surface area contributed by atoms with Gasteiger partial charge in [-0.2, -0.15) is 0 Å². The Kier molecular flexibility index (Phi) is 6.22. The fourth-order valence-electron chi connectivity index (χ4n) is 4.69. The monoisotopic (exact) mass is 495 g/mol. The minimum absolute atomic E-state index is 0.0789. The fourth-order valence-corrected chi connectivity index (χ4v) is 4.69. The summed E-state index contributed by atoms with van der Waals surface area (Å²) in [6.45, 7) is 6.59. The van der Waals surface area contributed by atoms with E-state index in [0.717, 1.165) is 16.9 Å². The Hall–Kier alpha value is -4.51. The maximum absolute atomic E-state index is 12.7. The highest BCUT2D eigenvalue weighted by Gasteiger charge is 2.34. The molecule has 1 unspecified atom stereocenters. The molecule has 1 saturated heterocycles. The Labute approximate surface area is 216 Å². The number of carbonyl (C=O) groups is 1. The number of amides is 1. The van der Waals surface area contributed by atoms with Crippen molar-refractivity contribution in [2.24, 2.45) is 0 Å². The number of aromatic nitrogens is 3. The Morgan fingerprint density at radius 2 is 1.78 bits per heavy atom. The van der Waals surface area contributed by atoms with E-state index in [2.05, 4.69) is 15.9 Å². The topological polar surface area (TPSA) is 95.5 Å². The number of benzene rings is 2. The van der Waals surface area contributed by atoms with E-state index in [-0.39, 0.29) is 12.1 Å². The third-order valence-electron chi connectivity index (χ3n) is 6.25. The molecule has 3 heterocycles. The molecule has 2 N–H and O–H groups in total. The van der Waals surface area contributed by atoms with Gasteiger partial charge in [-0.05, 0) is 57.0 Å². The number of carbonyl (C=O) groups excluding carboxylic acids is 1. The molecule has 2 aromatic heterocycles. The standard InChI is InChI=1S/C29H29N5O3/c1-5-23-24(19-11-13-22(14-12-19)36-21-9-7-6-8-10-21)25-26(30)31-18-32-27(25)34(23)20-15-16-33(17-20)28(35)37-29(2,3)4/h1,6-14,18,20H,15-17H2,2-4H3,(H2,30,31,32). The van der Waals surface area contributed by atoms with Gasteiger partial charge in [-0.1, -0.05) is 36.3 Å². The summed E-state index contributed by atoms with van der Waals surface area (Å²) >= 11 is 0. The Morgan fingerprint density at radius 1 is 1.08 bits per heavy atom. The third-order valence-corrected chi connectivity index (χ3v) is 6.25. The predicted octanol–water partition coefficient (Wildman–Crippen LogP) is 5.64. The molecule has 1 fully saturated rings. The zero-order valence-corrected chi connectivity index (χ0v) is 21.1. The number of nitrogens with zero attached hydrogens (tertiary/aromatic N) is 4. The second-order valence-corrected chi connectivity index (χ2v) is 10.0. The normalized spacial score (nSPS) is 15.5. The largest absolute Gasteiger partial charge is 0.457 e. The molecule has 1 aliphatic heterocycles. The van der Waals surface area contributed by atoms with Gasteiger partial charge in [0, 0.05) is 18.7 Å². The highest BCUT2D eigenvalue weighted by atomic mass is 16.6. The van der Waals surface area contributed by atoms with E-state index in [1.165, 1.54) is 6.33 Å². The smallest absolute Gasteiger partial charge is 0.410 e. The molecule has 8 nitrogen and oxygen atoms in total. The molecule has 0 bridgehead atoms. The minimum Gasteiger partial charge on any atom is -0.457 e. The van der Waals surface area contributed by atoms with Crippen molar-refractivity contribution in [3.63, 3.8) is 0 Å². The van der Waals surface area contributed by atoms with Crippen LogP contribution in [0.2, 0.25) is 0 Å².